The molecule has 0 spiro atoms. The molecule has 1 saturated carbocycles. The third kappa shape index (κ3) is 5.09. The fraction of sp³-hybridized carbons (Fsp3) is 0.471. The molecule has 6 heteroatoms. The van der Waals surface area contributed by atoms with Gasteiger partial charge in [0, 0.05) is 6.04 Å². The van der Waals surface area contributed by atoms with Crippen LogP contribution in [0.25, 0.3) is 0 Å². The Morgan fingerprint density at radius 2 is 2.00 bits per heavy atom. The molecule has 3 amide bonds. The molecule has 124 valence electrons. The maximum Gasteiger partial charge on any atom is 0.321 e. The molecule has 1 aliphatic rings. The van der Waals surface area contributed by atoms with E-state index in [1.807, 2.05) is 0 Å². The first-order chi connectivity index (χ1) is 11.1. The summed E-state index contributed by atoms with van der Waals surface area (Å²) in [5.74, 6) is 0.186. The number of nitrogens with one attached hydrogen (secondary N) is 2. The summed E-state index contributed by atoms with van der Waals surface area (Å²) in [4.78, 5) is 34.5. The summed E-state index contributed by atoms with van der Waals surface area (Å²) in [7, 11) is 0. The lowest BCUT2D eigenvalue weighted by molar-refractivity contribution is -0.122. The van der Waals surface area contributed by atoms with Gasteiger partial charge in [-0.1, -0.05) is 31.9 Å². The van der Waals surface area contributed by atoms with Gasteiger partial charge >= 0.3 is 6.03 Å². The molecule has 1 fully saturated rings. The molecule has 2 atom stereocenters. The Morgan fingerprint density at radius 1 is 1.26 bits per heavy atom. The van der Waals surface area contributed by atoms with E-state index in [1.165, 1.54) is 6.42 Å². The molecular weight excluding hydrogens is 296 g/mol. The van der Waals surface area contributed by atoms with E-state index in [4.69, 9.17) is 4.74 Å². The first kappa shape index (κ1) is 17.0. The molecule has 0 aliphatic heterocycles. The van der Waals surface area contributed by atoms with Crippen LogP contribution >= 0.6 is 0 Å². The summed E-state index contributed by atoms with van der Waals surface area (Å²) in [6.45, 7) is 1.78. The van der Waals surface area contributed by atoms with Crippen LogP contribution in [0.1, 0.15) is 43.0 Å². The molecular formula is C17H22N2O4. The molecule has 23 heavy (non-hydrogen) atoms. The number of aldehydes is 1. The fourth-order valence-electron chi connectivity index (χ4n) is 2.75. The van der Waals surface area contributed by atoms with E-state index in [9.17, 15) is 14.4 Å². The molecule has 6 nitrogen and oxygen atoms in total. The predicted molar refractivity (Wildman–Crippen MR) is 85.4 cm³/mol. The molecule has 1 aromatic rings. The number of hydrogen-bond donors (Lipinski definition) is 2. The van der Waals surface area contributed by atoms with Crippen molar-refractivity contribution in [3.63, 3.8) is 0 Å². The number of urea groups is 1. The van der Waals surface area contributed by atoms with Crippen LogP contribution in [0.3, 0.4) is 0 Å². The van der Waals surface area contributed by atoms with Gasteiger partial charge in [0.1, 0.15) is 5.75 Å². The maximum atomic E-state index is 11.8. The second-order valence-corrected chi connectivity index (χ2v) is 5.83. The van der Waals surface area contributed by atoms with E-state index in [2.05, 4.69) is 17.6 Å². The van der Waals surface area contributed by atoms with Crippen LogP contribution < -0.4 is 15.4 Å². The smallest absolute Gasteiger partial charge is 0.321 e. The lowest BCUT2D eigenvalue weighted by Gasteiger charge is -2.29. The van der Waals surface area contributed by atoms with Crippen LogP contribution in [0.2, 0.25) is 0 Å². The molecule has 0 unspecified atom stereocenters. The number of ether oxygens (including phenoxy) is 1. The molecule has 0 heterocycles. The molecule has 0 bridgehead atoms. The van der Waals surface area contributed by atoms with Crippen molar-refractivity contribution in [2.45, 2.75) is 38.6 Å². The highest BCUT2D eigenvalue weighted by Gasteiger charge is 2.23. The number of hydrogen-bond acceptors (Lipinski definition) is 4. The molecule has 1 aromatic carbocycles. The van der Waals surface area contributed by atoms with Crippen molar-refractivity contribution in [2.75, 3.05) is 6.61 Å². The standard InChI is InChI=1S/C17H22N2O4/c1-12-6-2-4-8-14(12)18-17(22)19-16(21)11-23-15-9-5-3-7-13(15)10-20/h3,5,7,9-10,12,14H,2,4,6,8,11H2,1H3,(H2,18,19,21,22)/t12-,14-/m1/s1. The third-order valence-electron chi connectivity index (χ3n) is 4.09. The predicted octanol–water partition coefficient (Wildman–Crippen LogP) is 2.28. The highest BCUT2D eigenvalue weighted by molar-refractivity contribution is 5.95. The average molecular weight is 318 g/mol. The van der Waals surface area contributed by atoms with E-state index in [0.29, 0.717) is 23.5 Å². The van der Waals surface area contributed by atoms with E-state index in [-0.39, 0.29) is 12.6 Å². The summed E-state index contributed by atoms with van der Waals surface area (Å²) in [6.07, 6.45) is 4.96. The highest BCUT2D eigenvalue weighted by Crippen LogP contribution is 2.23. The fourth-order valence-corrected chi connectivity index (χ4v) is 2.75. The largest absolute Gasteiger partial charge is 0.483 e. The number of carbonyl (C=O) groups excluding carboxylic acids is 3. The van der Waals surface area contributed by atoms with Gasteiger partial charge in [0.25, 0.3) is 5.91 Å². The van der Waals surface area contributed by atoms with Crippen molar-refractivity contribution >= 4 is 18.2 Å². The SMILES string of the molecule is C[C@@H]1CCCC[C@H]1NC(=O)NC(=O)COc1ccccc1C=O. The number of para-hydroxylation sites is 1. The Balaban J connectivity index is 1.77. The zero-order valence-corrected chi connectivity index (χ0v) is 13.2. The van der Waals surface area contributed by atoms with Gasteiger partial charge < -0.3 is 10.1 Å². The van der Waals surface area contributed by atoms with Crippen molar-refractivity contribution in [3.05, 3.63) is 29.8 Å². The summed E-state index contributed by atoms with van der Waals surface area (Å²) >= 11 is 0. The van der Waals surface area contributed by atoms with Gasteiger partial charge in [-0.25, -0.2) is 4.79 Å². The maximum absolute atomic E-state index is 11.8. The first-order valence-corrected chi connectivity index (χ1v) is 7.87. The van der Waals surface area contributed by atoms with E-state index in [0.717, 1.165) is 19.3 Å². The topological polar surface area (TPSA) is 84.5 Å². The normalized spacial score (nSPS) is 20.4. The summed E-state index contributed by atoms with van der Waals surface area (Å²) in [5, 5.41) is 5.09. The van der Waals surface area contributed by atoms with Gasteiger partial charge in [0.05, 0.1) is 5.56 Å². The minimum absolute atomic E-state index is 0.105. The van der Waals surface area contributed by atoms with E-state index < -0.39 is 11.9 Å². The molecule has 2 N–H and O–H groups in total. The molecule has 0 saturated heterocycles. The van der Waals surface area contributed by atoms with E-state index >= 15 is 0 Å². The minimum atomic E-state index is -0.549. The van der Waals surface area contributed by atoms with Crippen LogP contribution in [0.5, 0.6) is 5.75 Å². The van der Waals surface area contributed by atoms with Crippen LogP contribution in [0.4, 0.5) is 4.79 Å². The quantitative estimate of drug-likeness (QED) is 0.816. The third-order valence-corrected chi connectivity index (χ3v) is 4.09. The molecule has 0 radical (unpaired) electrons. The average Bonchev–Trinajstić information content (AvgIpc) is 2.55. The van der Waals surface area contributed by atoms with Crippen LogP contribution in [-0.4, -0.2) is 30.9 Å². The number of carbonyl (C=O) groups is 3. The zero-order chi connectivity index (χ0) is 16.7. The van der Waals surface area contributed by atoms with Crippen molar-refractivity contribution < 1.29 is 19.1 Å². The van der Waals surface area contributed by atoms with Gasteiger partial charge in [0.2, 0.25) is 0 Å². The summed E-state index contributed by atoms with van der Waals surface area (Å²) < 4.78 is 5.28. The second-order valence-electron chi connectivity index (χ2n) is 5.83. The Kier molecular flexibility index (Phi) is 6.14. The van der Waals surface area contributed by atoms with Gasteiger partial charge in [-0.3, -0.25) is 14.9 Å². The Morgan fingerprint density at radius 3 is 2.74 bits per heavy atom. The second kappa shape index (κ2) is 8.31. The van der Waals surface area contributed by atoms with Gasteiger partial charge in [-0.15, -0.1) is 0 Å². The lowest BCUT2D eigenvalue weighted by atomic mass is 9.86. The highest BCUT2D eigenvalue weighted by atomic mass is 16.5. The number of imide groups is 1. The zero-order valence-electron chi connectivity index (χ0n) is 13.2. The van der Waals surface area contributed by atoms with Crippen molar-refractivity contribution in [2.24, 2.45) is 5.92 Å². The molecule has 2 rings (SSSR count). The van der Waals surface area contributed by atoms with Crippen LogP contribution in [0, 0.1) is 5.92 Å². The number of amides is 3. The monoisotopic (exact) mass is 318 g/mol. The van der Waals surface area contributed by atoms with Gasteiger partial charge in [-0.2, -0.15) is 0 Å². The summed E-state index contributed by atoms with van der Waals surface area (Å²) in [6, 6.07) is 6.21. The van der Waals surface area contributed by atoms with E-state index in [1.54, 1.807) is 24.3 Å². The van der Waals surface area contributed by atoms with Crippen LogP contribution in [-0.2, 0) is 4.79 Å². The first-order valence-electron chi connectivity index (χ1n) is 7.87. The van der Waals surface area contributed by atoms with Crippen molar-refractivity contribution in [3.8, 4) is 5.75 Å². The minimum Gasteiger partial charge on any atom is -0.483 e. The lowest BCUT2D eigenvalue weighted by Crippen LogP contribution is -2.48. The number of benzene rings is 1. The van der Waals surface area contributed by atoms with Gasteiger partial charge in [-0.05, 0) is 30.9 Å². The van der Waals surface area contributed by atoms with Gasteiger partial charge in [0.15, 0.2) is 12.9 Å². The molecule has 0 aromatic heterocycles. The Bertz CT molecular complexity index is 573. The Labute approximate surface area is 135 Å². The van der Waals surface area contributed by atoms with Crippen molar-refractivity contribution in [1.82, 2.24) is 10.6 Å². The summed E-state index contributed by atoms with van der Waals surface area (Å²) in [5.41, 5.74) is 0.362. The van der Waals surface area contributed by atoms with Crippen LogP contribution in [0.15, 0.2) is 24.3 Å². The number of rotatable bonds is 5. The molecule has 1 aliphatic carbocycles. The Hall–Kier alpha value is -2.37. The van der Waals surface area contributed by atoms with Crippen molar-refractivity contribution in [1.29, 1.82) is 0 Å².